The zero-order valence-electron chi connectivity index (χ0n) is 11.2. The van der Waals surface area contributed by atoms with E-state index in [1.807, 2.05) is 0 Å². The number of carbonyl (C=O) groups is 2. The predicted octanol–water partition coefficient (Wildman–Crippen LogP) is -0.252. The molecule has 2 rings (SSSR count). The average Bonchev–Trinajstić information content (AvgIpc) is 2.95. The van der Waals surface area contributed by atoms with Crippen molar-refractivity contribution < 1.29 is 19.8 Å². The van der Waals surface area contributed by atoms with Crippen LogP contribution in [-0.2, 0) is 6.54 Å². The number of rotatable bonds is 4. The number of hydrogen-bond donors (Lipinski definition) is 3. The largest absolute Gasteiger partial charge is 0.476 e. The third-order valence-electron chi connectivity index (χ3n) is 3.24. The summed E-state index contributed by atoms with van der Waals surface area (Å²) in [6, 6.07) is -0.221. The van der Waals surface area contributed by atoms with Crippen molar-refractivity contribution in [1.82, 2.24) is 19.8 Å². The summed E-state index contributed by atoms with van der Waals surface area (Å²) >= 11 is 0. The molecule has 3 N–H and O–H groups in total. The second-order valence-corrected chi connectivity index (χ2v) is 5.20. The summed E-state index contributed by atoms with van der Waals surface area (Å²) < 4.78 is 1.60. The summed E-state index contributed by atoms with van der Waals surface area (Å²) in [5, 5.41) is 21.2. The van der Waals surface area contributed by atoms with Crippen LogP contribution in [0.1, 0.15) is 23.8 Å². The van der Waals surface area contributed by atoms with Crippen LogP contribution in [0.2, 0.25) is 0 Å². The first-order valence-corrected chi connectivity index (χ1v) is 6.38. The Kier molecular flexibility index (Phi) is 3.93. The van der Waals surface area contributed by atoms with E-state index in [0.29, 0.717) is 32.6 Å². The van der Waals surface area contributed by atoms with Crippen molar-refractivity contribution in [3.05, 3.63) is 18.2 Å². The summed E-state index contributed by atoms with van der Waals surface area (Å²) in [5.74, 6) is -1.08. The lowest BCUT2D eigenvalue weighted by atomic mass is 10.1. The second-order valence-electron chi connectivity index (χ2n) is 5.20. The third kappa shape index (κ3) is 3.47. The number of likely N-dealkylation sites (tertiary alicyclic amines) is 1. The Balaban J connectivity index is 1.75. The van der Waals surface area contributed by atoms with Gasteiger partial charge in [0, 0.05) is 25.8 Å². The number of amides is 2. The zero-order valence-corrected chi connectivity index (χ0v) is 11.2. The second kappa shape index (κ2) is 5.49. The van der Waals surface area contributed by atoms with Gasteiger partial charge in [0.25, 0.3) is 0 Å². The van der Waals surface area contributed by atoms with Crippen molar-refractivity contribution in [2.24, 2.45) is 0 Å². The topological polar surface area (TPSA) is 108 Å². The van der Waals surface area contributed by atoms with Crippen molar-refractivity contribution >= 4 is 12.0 Å². The van der Waals surface area contributed by atoms with Crippen LogP contribution < -0.4 is 5.32 Å². The minimum Gasteiger partial charge on any atom is -0.476 e. The number of carboxylic acids is 1. The van der Waals surface area contributed by atoms with Gasteiger partial charge in [-0.05, 0) is 13.3 Å². The molecule has 2 amide bonds. The SMILES string of the molecule is CC1(O)CCN(C(=O)NCCn2cnc(C(=O)O)c2)C1. The number of urea groups is 1. The molecule has 1 fully saturated rings. The first-order chi connectivity index (χ1) is 9.37. The normalized spacial score (nSPS) is 22.0. The molecule has 2 heterocycles. The van der Waals surface area contributed by atoms with E-state index in [0.717, 1.165) is 0 Å². The smallest absolute Gasteiger partial charge is 0.356 e. The summed E-state index contributed by atoms with van der Waals surface area (Å²) in [6.45, 7) is 3.38. The van der Waals surface area contributed by atoms with Gasteiger partial charge in [-0.1, -0.05) is 0 Å². The van der Waals surface area contributed by atoms with Gasteiger partial charge in [-0.3, -0.25) is 0 Å². The molecule has 1 aliphatic rings. The molecule has 1 atom stereocenters. The molecule has 1 aromatic heterocycles. The number of carboxylic acid groups (broad SMARTS) is 1. The number of hydrogen-bond acceptors (Lipinski definition) is 4. The first-order valence-electron chi connectivity index (χ1n) is 6.38. The van der Waals surface area contributed by atoms with Gasteiger partial charge in [0.15, 0.2) is 5.69 Å². The Morgan fingerprint density at radius 3 is 2.85 bits per heavy atom. The number of β-amino-alcohol motifs (C(OH)–C–C–N with tert-alkyl or cyclic N) is 1. The Hall–Kier alpha value is -2.09. The molecule has 0 bridgehead atoms. The van der Waals surface area contributed by atoms with Gasteiger partial charge in [0.1, 0.15) is 0 Å². The Bertz CT molecular complexity index is 511. The van der Waals surface area contributed by atoms with E-state index in [-0.39, 0.29) is 11.7 Å². The molecular weight excluding hydrogens is 264 g/mol. The summed E-state index contributed by atoms with van der Waals surface area (Å²) in [7, 11) is 0. The van der Waals surface area contributed by atoms with E-state index >= 15 is 0 Å². The van der Waals surface area contributed by atoms with Gasteiger partial charge in [-0.15, -0.1) is 0 Å². The molecule has 8 nitrogen and oxygen atoms in total. The van der Waals surface area contributed by atoms with Crippen molar-refractivity contribution in [3.8, 4) is 0 Å². The standard InChI is InChI=1S/C12H18N4O4/c1-12(20)2-4-16(7-12)11(19)13-3-5-15-6-9(10(17)18)14-8-15/h6,8,20H,2-5,7H2,1H3,(H,13,19)(H,17,18). The zero-order chi connectivity index (χ0) is 14.8. The molecule has 0 radical (unpaired) electrons. The van der Waals surface area contributed by atoms with Crippen molar-refractivity contribution in [1.29, 1.82) is 0 Å². The maximum atomic E-state index is 11.8. The highest BCUT2D eigenvalue weighted by atomic mass is 16.4. The maximum absolute atomic E-state index is 11.8. The molecule has 0 aromatic carbocycles. The van der Waals surface area contributed by atoms with Crippen LogP contribution >= 0.6 is 0 Å². The van der Waals surface area contributed by atoms with Crippen molar-refractivity contribution in [3.63, 3.8) is 0 Å². The molecule has 110 valence electrons. The molecule has 0 spiro atoms. The first kappa shape index (κ1) is 14.3. The third-order valence-corrected chi connectivity index (χ3v) is 3.24. The number of nitrogens with zero attached hydrogens (tertiary/aromatic N) is 3. The maximum Gasteiger partial charge on any atom is 0.356 e. The fourth-order valence-electron chi connectivity index (χ4n) is 2.12. The Morgan fingerprint density at radius 1 is 1.55 bits per heavy atom. The van der Waals surface area contributed by atoms with E-state index < -0.39 is 11.6 Å². The van der Waals surface area contributed by atoms with Crippen LogP contribution in [-0.4, -0.2) is 61.9 Å². The van der Waals surface area contributed by atoms with Crippen LogP contribution in [0.15, 0.2) is 12.5 Å². The van der Waals surface area contributed by atoms with Crippen LogP contribution in [0.25, 0.3) is 0 Å². The fraction of sp³-hybridized carbons (Fsp3) is 0.583. The van der Waals surface area contributed by atoms with Gasteiger partial charge in [0.2, 0.25) is 0 Å². The molecular formula is C12H18N4O4. The number of imidazole rings is 1. The van der Waals surface area contributed by atoms with Crippen LogP contribution in [0.3, 0.4) is 0 Å². The lowest BCUT2D eigenvalue weighted by Crippen LogP contribution is -2.41. The highest BCUT2D eigenvalue weighted by molar-refractivity contribution is 5.84. The van der Waals surface area contributed by atoms with E-state index in [1.54, 1.807) is 16.4 Å². The molecule has 20 heavy (non-hydrogen) atoms. The number of carbonyl (C=O) groups excluding carboxylic acids is 1. The number of nitrogens with one attached hydrogen (secondary N) is 1. The van der Waals surface area contributed by atoms with Crippen LogP contribution in [0.5, 0.6) is 0 Å². The Labute approximate surface area is 116 Å². The molecule has 1 saturated heterocycles. The van der Waals surface area contributed by atoms with E-state index in [1.165, 1.54) is 12.5 Å². The van der Waals surface area contributed by atoms with Gasteiger partial charge in [-0.25, -0.2) is 14.6 Å². The minimum atomic E-state index is -1.08. The van der Waals surface area contributed by atoms with E-state index in [2.05, 4.69) is 10.3 Å². The predicted molar refractivity (Wildman–Crippen MR) is 69.4 cm³/mol. The molecule has 1 unspecified atom stereocenters. The van der Waals surface area contributed by atoms with Gasteiger partial charge < -0.3 is 25.0 Å². The molecule has 0 aliphatic carbocycles. The lowest BCUT2D eigenvalue weighted by molar-refractivity contribution is 0.0690. The number of aliphatic hydroxyl groups is 1. The Morgan fingerprint density at radius 2 is 2.30 bits per heavy atom. The quantitative estimate of drug-likeness (QED) is 0.705. The monoisotopic (exact) mass is 282 g/mol. The average molecular weight is 282 g/mol. The van der Waals surface area contributed by atoms with Gasteiger partial charge in [0.05, 0.1) is 18.5 Å². The number of aromatic carboxylic acids is 1. The molecule has 0 saturated carbocycles. The fourth-order valence-corrected chi connectivity index (χ4v) is 2.12. The molecule has 1 aliphatic heterocycles. The van der Waals surface area contributed by atoms with Gasteiger partial charge in [-0.2, -0.15) is 0 Å². The molecule has 8 heteroatoms. The van der Waals surface area contributed by atoms with Crippen molar-refractivity contribution in [2.75, 3.05) is 19.6 Å². The van der Waals surface area contributed by atoms with E-state index in [4.69, 9.17) is 5.11 Å². The highest BCUT2D eigenvalue weighted by Crippen LogP contribution is 2.19. The van der Waals surface area contributed by atoms with E-state index in [9.17, 15) is 14.7 Å². The van der Waals surface area contributed by atoms with Gasteiger partial charge >= 0.3 is 12.0 Å². The summed E-state index contributed by atoms with van der Waals surface area (Å²) in [5.41, 5.74) is -0.829. The highest BCUT2D eigenvalue weighted by Gasteiger charge is 2.33. The summed E-state index contributed by atoms with van der Waals surface area (Å²) in [4.78, 5) is 27.8. The summed E-state index contributed by atoms with van der Waals surface area (Å²) in [6.07, 6.45) is 3.40. The van der Waals surface area contributed by atoms with Crippen molar-refractivity contribution in [2.45, 2.75) is 25.5 Å². The van der Waals surface area contributed by atoms with Crippen LogP contribution in [0.4, 0.5) is 4.79 Å². The lowest BCUT2D eigenvalue weighted by Gasteiger charge is -2.19. The molecule has 1 aromatic rings. The van der Waals surface area contributed by atoms with Crippen LogP contribution in [0, 0.1) is 0 Å². The number of aromatic nitrogens is 2. The minimum absolute atomic E-state index is 0.0214.